The van der Waals surface area contributed by atoms with E-state index in [0.29, 0.717) is 5.56 Å². The predicted octanol–water partition coefficient (Wildman–Crippen LogP) is 3.06. The summed E-state index contributed by atoms with van der Waals surface area (Å²) in [4.78, 5) is 15.3. The molecule has 1 aromatic heterocycles. The predicted molar refractivity (Wildman–Crippen MR) is 66.1 cm³/mol. The van der Waals surface area contributed by atoms with Crippen LogP contribution in [-0.2, 0) is 0 Å². The molecule has 0 aliphatic rings. The molecule has 2 aromatic rings. The second kappa shape index (κ2) is 4.37. The topological polar surface area (TPSA) is 50.2 Å². The number of aromatic nitrogens is 1. The third-order valence-electron chi connectivity index (χ3n) is 2.61. The number of pyridine rings is 1. The highest BCUT2D eigenvalue weighted by Crippen LogP contribution is 2.25. The average molecular weight is 227 g/mol. The van der Waals surface area contributed by atoms with Crippen molar-refractivity contribution in [3.8, 4) is 11.1 Å². The number of aromatic carboxylic acids is 1. The van der Waals surface area contributed by atoms with Crippen LogP contribution in [0.1, 0.15) is 21.6 Å². The summed E-state index contributed by atoms with van der Waals surface area (Å²) in [5.74, 6) is -0.908. The molecular formula is C14H13NO2. The van der Waals surface area contributed by atoms with Crippen molar-refractivity contribution < 1.29 is 9.90 Å². The van der Waals surface area contributed by atoms with Crippen LogP contribution in [0, 0.1) is 13.8 Å². The van der Waals surface area contributed by atoms with E-state index in [1.54, 1.807) is 18.3 Å². The minimum absolute atomic E-state index is 0.321. The van der Waals surface area contributed by atoms with Gasteiger partial charge < -0.3 is 5.11 Å². The maximum atomic E-state index is 11.2. The maximum absolute atomic E-state index is 11.2. The van der Waals surface area contributed by atoms with E-state index in [9.17, 15) is 9.90 Å². The number of aryl methyl sites for hydroxylation is 2. The lowest BCUT2D eigenvalue weighted by molar-refractivity contribution is 0.0697. The fourth-order valence-electron chi connectivity index (χ4n) is 1.80. The van der Waals surface area contributed by atoms with E-state index in [1.807, 2.05) is 32.0 Å². The highest BCUT2D eigenvalue weighted by atomic mass is 16.4. The molecule has 0 radical (unpaired) electrons. The number of rotatable bonds is 2. The molecule has 0 unspecified atom stereocenters. The molecule has 86 valence electrons. The van der Waals surface area contributed by atoms with Crippen molar-refractivity contribution in [3.05, 3.63) is 53.3 Å². The van der Waals surface area contributed by atoms with Crippen molar-refractivity contribution in [3.63, 3.8) is 0 Å². The van der Waals surface area contributed by atoms with Gasteiger partial charge in [-0.25, -0.2) is 4.79 Å². The van der Waals surface area contributed by atoms with Crippen molar-refractivity contribution in [2.45, 2.75) is 13.8 Å². The van der Waals surface area contributed by atoms with Crippen LogP contribution in [-0.4, -0.2) is 16.1 Å². The summed E-state index contributed by atoms with van der Waals surface area (Å²) in [6, 6.07) is 9.05. The summed E-state index contributed by atoms with van der Waals surface area (Å²) in [6.45, 7) is 3.84. The molecule has 3 heteroatoms. The van der Waals surface area contributed by atoms with E-state index in [0.717, 1.165) is 22.4 Å². The number of hydrogen-bond acceptors (Lipinski definition) is 2. The number of benzene rings is 1. The molecule has 0 amide bonds. The Bertz CT molecular complexity index is 576. The Morgan fingerprint density at radius 2 is 1.94 bits per heavy atom. The van der Waals surface area contributed by atoms with E-state index >= 15 is 0 Å². The average Bonchev–Trinajstić information content (AvgIpc) is 2.28. The van der Waals surface area contributed by atoms with Gasteiger partial charge in [0, 0.05) is 11.9 Å². The van der Waals surface area contributed by atoms with E-state index in [2.05, 4.69) is 4.98 Å². The summed E-state index contributed by atoms with van der Waals surface area (Å²) < 4.78 is 0. The lowest BCUT2D eigenvalue weighted by atomic mass is 9.98. The summed E-state index contributed by atoms with van der Waals surface area (Å²) in [5, 5.41) is 9.17. The van der Waals surface area contributed by atoms with Gasteiger partial charge >= 0.3 is 5.97 Å². The van der Waals surface area contributed by atoms with Crippen molar-refractivity contribution >= 4 is 5.97 Å². The Hall–Kier alpha value is -2.16. The van der Waals surface area contributed by atoms with E-state index in [1.165, 1.54) is 0 Å². The number of hydrogen-bond donors (Lipinski definition) is 1. The van der Waals surface area contributed by atoms with Crippen LogP contribution in [0.3, 0.4) is 0 Å². The highest BCUT2D eigenvalue weighted by Gasteiger charge is 2.11. The molecular weight excluding hydrogens is 214 g/mol. The number of carboxylic acid groups (broad SMARTS) is 1. The maximum Gasteiger partial charge on any atom is 0.336 e. The molecule has 0 fully saturated rings. The standard InChI is InChI=1S/C14H13NO2/c1-9-3-4-12(14(16)17)13(7-9)11-5-6-15-10(2)8-11/h3-8H,1-2H3,(H,16,17). The molecule has 2 rings (SSSR count). The molecule has 0 saturated heterocycles. The summed E-state index contributed by atoms with van der Waals surface area (Å²) in [5.41, 5.74) is 3.86. The van der Waals surface area contributed by atoms with Gasteiger partial charge in [0.2, 0.25) is 0 Å². The normalized spacial score (nSPS) is 10.2. The SMILES string of the molecule is Cc1ccc(C(=O)O)c(-c2ccnc(C)c2)c1. The highest BCUT2D eigenvalue weighted by molar-refractivity contribution is 5.96. The van der Waals surface area contributed by atoms with Gasteiger partial charge in [0.05, 0.1) is 5.56 Å². The third-order valence-corrected chi connectivity index (χ3v) is 2.61. The first-order valence-corrected chi connectivity index (χ1v) is 5.35. The van der Waals surface area contributed by atoms with Crippen LogP contribution in [0.2, 0.25) is 0 Å². The van der Waals surface area contributed by atoms with Gasteiger partial charge in [0.1, 0.15) is 0 Å². The molecule has 1 aromatic carbocycles. The first kappa shape index (κ1) is 11.3. The van der Waals surface area contributed by atoms with Crippen LogP contribution in [0.4, 0.5) is 0 Å². The van der Waals surface area contributed by atoms with E-state index in [4.69, 9.17) is 0 Å². The fourth-order valence-corrected chi connectivity index (χ4v) is 1.80. The molecule has 3 nitrogen and oxygen atoms in total. The second-order valence-corrected chi connectivity index (χ2v) is 4.04. The van der Waals surface area contributed by atoms with Crippen molar-refractivity contribution in [1.82, 2.24) is 4.98 Å². The summed E-state index contributed by atoms with van der Waals surface area (Å²) in [6.07, 6.45) is 1.69. The lowest BCUT2D eigenvalue weighted by Crippen LogP contribution is -2.00. The van der Waals surface area contributed by atoms with Crippen LogP contribution in [0.5, 0.6) is 0 Å². The zero-order valence-electron chi connectivity index (χ0n) is 9.77. The molecule has 1 N–H and O–H groups in total. The Kier molecular flexibility index (Phi) is 2.91. The molecule has 0 aliphatic heterocycles. The van der Waals surface area contributed by atoms with E-state index < -0.39 is 5.97 Å². The fraction of sp³-hybridized carbons (Fsp3) is 0.143. The monoisotopic (exact) mass is 227 g/mol. The lowest BCUT2D eigenvalue weighted by Gasteiger charge is -2.08. The smallest absolute Gasteiger partial charge is 0.336 e. The van der Waals surface area contributed by atoms with E-state index in [-0.39, 0.29) is 0 Å². The van der Waals surface area contributed by atoms with Gasteiger partial charge in [0.15, 0.2) is 0 Å². The first-order chi connectivity index (χ1) is 8.08. The Labute approximate surface area is 99.8 Å². The van der Waals surface area contributed by atoms with Gasteiger partial charge in [-0.2, -0.15) is 0 Å². The number of nitrogens with zero attached hydrogens (tertiary/aromatic N) is 1. The van der Waals surface area contributed by atoms with Crippen LogP contribution in [0.15, 0.2) is 36.5 Å². The molecule has 0 atom stereocenters. The molecule has 0 saturated carbocycles. The van der Waals surface area contributed by atoms with Gasteiger partial charge in [-0.3, -0.25) is 4.98 Å². The Balaban J connectivity index is 2.65. The molecule has 17 heavy (non-hydrogen) atoms. The van der Waals surface area contributed by atoms with Crippen molar-refractivity contribution in [2.24, 2.45) is 0 Å². The van der Waals surface area contributed by atoms with Crippen LogP contribution in [0.25, 0.3) is 11.1 Å². The summed E-state index contributed by atoms with van der Waals surface area (Å²) >= 11 is 0. The zero-order chi connectivity index (χ0) is 12.4. The molecule has 1 heterocycles. The zero-order valence-corrected chi connectivity index (χ0v) is 9.77. The third kappa shape index (κ3) is 2.33. The Morgan fingerprint density at radius 3 is 2.59 bits per heavy atom. The molecule has 0 bridgehead atoms. The quantitative estimate of drug-likeness (QED) is 0.857. The van der Waals surface area contributed by atoms with Gasteiger partial charge in [-0.05, 0) is 43.2 Å². The second-order valence-electron chi connectivity index (χ2n) is 4.04. The summed E-state index contributed by atoms with van der Waals surface area (Å²) in [7, 11) is 0. The minimum Gasteiger partial charge on any atom is -0.478 e. The van der Waals surface area contributed by atoms with Crippen molar-refractivity contribution in [2.75, 3.05) is 0 Å². The van der Waals surface area contributed by atoms with Crippen LogP contribution < -0.4 is 0 Å². The minimum atomic E-state index is -0.908. The Morgan fingerprint density at radius 1 is 1.18 bits per heavy atom. The van der Waals surface area contributed by atoms with Gasteiger partial charge in [-0.1, -0.05) is 17.7 Å². The molecule has 0 aliphatic carbocycles. The van der Waals surface area contributed by atoms with Crippen LogP contribution >= 0.6 is 0 Å². The first-order valence-electron chi connectivity index (χ1n) is 5.35. The van der Waals surface area contributed by atoms with Crippen molar-refractivity contribution in [1.29, 1.82) is 0 Å². The molecule has 0 spiro atoms. The number of carboxylic acids is 1. The largest absolute Gasteiger partial charge is 0.478 e. The number of carbonyl (C=O) groups is 1. The van der Waals surface area contributed by atoms with Gasteiger partial charge in [0.25, 0.3) is 0 Å². The van der Waals surface area contributed by atoms with Gasteiger partial charge in [-0.15, -0.1) is 0 Å².